The van der Waals surface area contributed by atoms with Gasteiger partial charge in [-0.2, -0.15) is 0 Å². The maximum Gasteiger partial charge on any atom is 0.124 e. The molecule has 0 aliphatic carbocycles. The van der Waals surface area contributed by atoms with Crippen LogP contribution in [0, 0.1) is 0 Å². The first-order chi connectivity index (χ1) is 8.20. The van der Waals surface area contributed by atoms with Crippen LogP contribution >= 0.6 is 0 Å². The average molecular weight is 237 g/mol. The van der Waals surface area contributed by atoms with Crippen molar-refractivity contribution in [1.82, 2.24) is 0 Å². The molecule has 2 unspecified atom stereocenters. The summed E-state index contributed by atoms with van der Waals surface area (Å²) in [6.45, 7) is 4.84. The molecule has 0 heterocycles. The molecule has 2 N–H and O–H groups in total. The van der Waals surface area contributed by atoms with E-state index in [1.807, 2.05) is 31.2 Å². The molecule has 0 aromatic heterocycles. The number of benzene rings is 1. The van der Waals surface area contributed by atoms with Gasteiger partial charge in [-0.1, -0.05) is 31.5 Å². The van der Waals surface area contributed by atoms with E-state index in [4.69, 9.17) is 15.2 Å². The topological polar surface area (TPSA) is 44.5 Å². The molecule has 1 aromatic carbocycles. The van der Waals surface area contributed by atoms with E-state index in [9.17, 15) is 0 Å². The van der Waals surface area contributed by atoms with Gasteiger partial charge in [0.1, 0.15) is 11.9 Å². The van der Waals surface area contributed by atoms with Gasteiger partial charge in [-0.05, 0) is 19.4 Å². The van der Waals surface area contributed by atoms with Crippen molar-refractivity contribution in [2.75, 3.05) is 13.7 Å². The van der Waals surface area contributed by atoms with Crippen LogP contribution in [0.2, 0.25) is 0 Å². The SMILES string of the molecule is CCCCOC(c1ccccc1OC)C(C)N. The van der Waals surface area contributed by atoms with Crippen molar-refractivity contribution in [3.05, 3.63) is 29.8 Å². The van der Waals surface area contributed by atoms with Crippen LogP contribution in [0.1, 0.15) is 38.4 Å². The fourth-order valence-corrected chi connectivity index (χ4v) is 1.78. The monoisotopic (exact) mass is 237 g/mol. The van der Waals surface area contributed by atoms with E-state index in [0.717, 1.165) is 30.8 Å². The highest BCUT2D eigenvalue weighted by Gasteiger charge is 2.20. The van der Waals surface area contributed by atoms with Crippen molar-refractivity contribution >= 4 is 0 Å². The number of nitrogens with two attached hydrogens (primary N) is 1. The number of ether oxygens (including phenoxy) is 2. The molecule has 0 saturated heterocycles. The first-order valence-electron chi connectivity index (χ1n) is 6.20. The minimum atomic E-state index is -0.0994. The molecule has 0 spiro atoms. The van der Waals surface area contributed by atoms with Crippen LogP contribution in [0.25, 0.3) is 0 Å². The molecule has 0 bridgehead atoms. The molecule has 96 valence electrons. The fraction of sp³-hybridized carbons (Fsp3) is 0.571. The molecule has 0 saturated carbocycles. The molecule has 0 radical (unpaired) electrons. The van der Waals surface area contributed by atoms with Gasteiger partial charge in [0.05, 0.1) is 7.11 Å². The Labute approximate surface area is 104 Å². The molecule has 1 aromatic rings. The Morgan fingerprint density at radius 1 is 1.29 bits per heavy atom. The van der Waals surface area contributed by atoms with Crippen molar-refractivity contribution < 1.29 is 9.47 Å². The van der Waals surface area contributed by atoms with E-state index in [1.165, 1.54) is 0 Å². The Kier molecular flexibility index (Phi) is 6.01. The lowest BCUT2D eigenvalue weighted by molar-refractivity contribution is 0.0350. The second-order valence-corrected chi connectivity index (χ2v) is 4.25. The van der Waals surface area contributed by atoms with Crippen molar-refractivity contribution in [3.63, 3.8) is 0 Å². The van der Waals surface area contributed by atoms with Gasteiger partial charge in [0.2, 0.25) is 0 Å². The fourth-order valence-electron chi connectivity index (χ4n) is 1.78. The zero-order valence-electron chi connectivity index (χ0n) is 11.0. The smallest absolute Gasteiger partial charge is 0.124 e. The Morgan fingerprint density at radius 3 is 2.59 bits per heavy atom. The summed E-state index contributed by atoms with van der Waals surface area (Å²) in [5.41, 5.74) is 7.02. The molecule has 3 nitrogen and oxygen atoms in total. The van der Waals surface area contributed by atoms with Crippen LogP contribution in [0.15, 0.2) is 24.3 Å². The summed E-state index contributed by atoms with van der Waals surface area (Å²) in [5, 5.41) is 0. The molecular weight excluding hydrogens is 214 g/mol. The van der Waals surface area contributed by atoms with E-state index in [2.05, 4.69) is 6.92 Å². The predicted molar refractivity (Wildman–Crippen MR) is 70.2 cm³/mol. The maximum atomic E-state index is 5.99. The molecular formula is C14H23NO2. The van der Waals surface area contributed by atoms with Crippen molar-refractivity contribution in [2.24, 2.45) is 5.73 Å². The summed E-state index contributed by atoms with van der Waals surface area (Å²) < 4.78 is 11.2. The van der Waals surface area contributed by atoms with Gasteiger partial charge >= 0.3 is 0 Å². The van der Waals surface area contributed by atoms with E-state index < -0.39 is 0 Å². The van der Waals surface area contributed by atoms with E-state index in [0.29, 0.717) is 0 Å². The number of para-hydroxylation sites is 1. The van der Waals surface area contributed by atoms with Crippen LogP contribution in [0.3, 0.4) is 0 Å². The second kappa shape index (κ2) is 7.30. The zero-order chi connectivity index (χ0) is 12.7. The first-order valence-corrected chi connectivity index (χ1v) is 6.20. The van der Waals surface area contributed by atoms with E-state index in [1.54, 1.807) is 7.11 Å². The summed E-state index contributed by atoms with van der Waals surface area (Å²) >= 11 is 0. The molecule has 17 heavy (non-hydrogen) atoms. The van der Waals surface area contributed by atoms with Crippen molar-refractivity contribution in [1.29, 1.82) is 0 Å². The number of hydrogen-bond donors (Lipinski definition) is 1. The Hall–Kier alpha value is -1.06. The molecule has 0 fully saturated rings. The highest BCUT2D eigenvalue weighted by molar-refractivity contribution is 5.35. The first kappa shape index (κ1) is 14.0. The Bertz CT molecular complexity index is 326. The van der Waals surface area contributed by atoms with Gasteiger partial charge in [0, 0.05) is 18.2 Å². The Balaban J connectivity index is 2.81. The Morgan fingerprint density at radius 2 is 2.00 bits per heavy atom. The second-order valence-electron chi connectivity index (χ2n) is 4.25. The minimum Gasteiger partial charge on any atom is -0.496 e. The third kappa shape index (κ3) is 4.02. The van der Waals surface area contributed by atoms with Crippen LogP contribution in [0.5, 0.6) is 5.75 Å². The van der Waals surface area contributed by atoms with E-state index in [-0.39, 0.29) is 12.1 Å². The van der Waals surface area contributed by atoms with Gasteiger partial charge in [-0.25, -0.2) is 0 Å². The van der Waals surface area contributed by atoms with Crippen LogP contribution < -0.4 is 10.5 Å². The van der Waals surface area contributed by atoms with Crippen LogP contribution in [0.4, 0.5) is 0 Å². The summed E-state index contributed by atoms with van der Waals surface area (Å²) in [4.78, 5) is 0. The van der Waals surface area contributed by atoms with Crippen molar-refractivity contribution in [3.8, 4) is 5.75 Å². The van der Waals surface area contributed by atoms with Gasteiger partial charge in [-0.15, -0.1) is 0 Å². The lowest BCUT2D eigenvalue weighted by atomic mass is 10.0. The van der Waals surface area contributed by atoms with Gasteiger partial charge in [0.15, 0.2) is 0 Å². The lowest BCUT2D eigenvalue weighted by Crippen LogP contribution is -2.27. The molecule has 0 aliphatic heterocycles. The number of hydrogen-bond acceptors (Lipinski definition) is 3. The molecule has 1 rings (SSSR count). The average Bonchev–Trinajstić information content (AvgIpc) is 2.34. The normalized spacial score (nSPS) is 14.4. The predicted octanol–water partition coefficient (Wildman–Crippen LogP) is 2.90. The van der Waals surface area contributed by atoms with Crippen molar-refractivity contribution in [2.45, 2.75) is 38.8 Å². The zero-order valence-corrected chi connectivity index (χ0v) is 11.0. The summed E-state index contributed by atoms with van der Waals surface area (Å²) in [5.74, 6) is 0.839. The van der Waals surface area contributed by atoms with Crippen LogP contribution in [-0.4, -0.2) is 19.8 Å². The third-order valence-corrected chi connectivity index (χ3v) is 2.72. The third-order valence-electron chi connectivity index (χ3n) is 2.72. The van der Waals surface area contributed by atoms with E-state index >= 15 is 0 Å². The van der Waals surface area contributed by atoms with Gasteiger partial charge in [-0.3, -0.25) is 0 Å². The number of unbranched alkanes of at least 4 members (excludes halogenated alkanes) is 1. The highest BCUT2D eigenvalue weighted by atomic mass is 16.5. The van der Waals surface area contributed by atoms with Gasteiger partial charge in [0.25, 0.3) is 0 Å². The van der Waals surface area contributed by atoms with Gasteiger partial charge < -0.3 is 15.2 Å². The summed E-state index contributed by atoms with van der Waals surface area (Å²) in [6, 6.07) is 7.83. The number of methoxy groups -OCH3 is 1. The lowest BCUT2D eigenvalue weighted by Gasteiger charge is -2.23. The quantitative estimate of drug-likeness (QED) is 0.742. The molecule has 2 atom stereocenters. The standard InChI is InChI=1S/C14H23NO2/c1-4-5-10-17-14(11(2)15)12-8-6-7-9-13(12)16-3/h6-9,11,14H,4-5,10,15H2,1-3H3. The summed E-state index contributed by atoms with van der Waals surface area (Å²) in [7, 11) is 1.67. The number of rotatable bonds is 7. The highest BCUT2D eigenvalue weighted by Crippen LogP contribution is 2.29. The van der Waals surface area contributed by atoms with Crippen LogP contribution in [-0.2, 0) is 4.74 Å². The summed E-state index contributed by atoms with van der Waals surface area (Å²) in [6.07, 6.45) is 2.08. The maximum absolute atomic E-state index is 5.99. The largest absolute Gasteiger partial charge is 0.496 e. The molecule has 0 aliphatic rings. The molecule has 3 heteroatoms. The molecule has 0 amide bonds. The minimum absolute atomic E-state index is 0.0526.